The fourth-order valence-corrected chi connectivity index (χ4v) is 1.34. The number of carbonyl (C=O) groups excluding carboxylic acids is 2. The first-order valence-corrected chi connectivity index (χ1v) is 5.42. The second-order valence-corrected chi connectivity index (χ2v) is 3.79. The van der Waals surface area contributed by atoms with Gasteiger partial charge in [0.1, 0.15) is 5.75 Å². The van der Waals surface area contributed by atoms with Gasteiger partial charge >= 0.3 is 12.1 Å². The van der Waals surface area contributed by atoms with E-state index in [0.29, 0.717) is 0 Å². The second kappa shape index (κ2) is 6.27. The van der Waals surface area contributed by atoms with Crippen LogP contribution in [0.1, 0.15) is 17.3 Å². The molecule has 0 aliphatic carbocycles. The minimum absolute atomic E-state index is 0.0128. The van der Waals surface area contributed by atoms with E-state index in [1.807, 2.05) is 0 Å². The number of ether oxygens (including phenoxy) is 2. The molecule has 0 saturated carbocycles. The number of nitrogens with one attached hydrogen (secondary N) is 1. The molecule has 5 nitrogen and oxygen atoms in total. The lowest BCUT2D eigenvalue weighted by Gasteiger charge is -2.14. The molecule has 110 valence electrons. The van der Waals surface area contributed by atoms with Gasteiger partial charge in [-0.15, -0.1) is 0 Å². The van der Waals surface area contributed by atoms with Crippen molar-refractivity contribution in [1.29, 1.82) is 0 Å². The Bertz CT molecular complexity index is 514. The van der Waals surface area contributed by atoms with Crippen LogP contribution in [-0.4, -0.2) is 31.8 Å². The summed E-state index contributed by atoms with van der Waals surface area (Å²) in [5, 5.41) is 2.31. The maximum Gasteiger partial charge on any atom is 0.422 e. The standard InChI is InChI=1S/C12H12F3NO4/c1-7(17)16-9-4-3-8(11(18)19-2)5-10(9)20-6-12(13,14)15/h3-5H,6H2,1-2H3,(H,16,17). The van der Waals surface area contributed by atoms with Crippen molar-refractivity contribution in [3.8, 4) is 5.75 Å². The molecule has 0 spiro atoms. The highest BCUT2D eigenvalue weighted by atomic mass is 19.4. The zero-order chi connectivity index (χ0) is 15.3. The topological polar surface area (TPSA) is 64.6 Å². The van der Waals surface area contributed by atoms with E-state index in [-0.39, 0.29) is 17.0 Å². The van der Waals surface area contributed by atoms with Crippen molar-refractivity contribution in [2.24, 2.45) is 0 Å². The maximum atomic E-state index is 12.2. The van der Waals surface area contributed by atoms with E-state index < -0.39 is 24.7 Å². The number of halogens is 3. The fraction of sp³-hybridized carbons (Fsp3) is 0.333. The largest absolute Gasteiger partial charge is 0.482 e. The molecule has 1 aromatic carbocycles. The van der Waals surface area contributed by atoms with E-state index in [2.05, 4.69) is 14.8 Å². The number of hydrogen-bond acceptors (Lipinski definition) is 4. The van der Waals surface area contributed by atoms with Crippen LogP contribution in [0.3, 0.4) is 0 Å². The quantitative estimate of drug-likeness (QED) is 0.865. The van der Waals surface area contributed by atoms with Crippen molar-refractivity contribution in [2.75, 3.05) is 19.0 Å². The SMILES string of the molecule is COC(=O)c1ccc(NC(C)=O)c(OCC(F)(F)F)c1. The third-order valence-electron chi connectivity index (χ3n) is 2.10. The van der Waals surface area contributed by atoms with Gasteiger partial charge in [0.15, 0.2) is 6.61 Å². The van der Waals surface area contributed by atoms with E-state index in [0.717, 1.165) is 13.2 Å². The van der Waals surface area contributed by atoms with E-state index in [9.17, 15) is 22.8 Å². The molecule has 0 unspecified atom stereocenters. The summed E-state index contributed by atoms with van der Waals surface area (Å²) < 4.78 is 45.5. The number of anilines is 1. The number of amides is 1. The maximum absolute atomic E-state index is 12.2. The minimum Gasteiger partial charge on any atom is -0.482 e. The molecule has 0 atom stereocenters. The molecule has 1 aromatic rings. The Balaban J connectivity index is 3.05. The van der Waals surface area contributed by atoms with Crippen LogP contribution in [0.4, 0.5) is 18.9 Å². The lowest BCUT2D eigenvalue weighted by Crippen LogP contribution is -2.20. The highest BCUT2D eigenvalue weighted by molar-refractivity contribution is 5.94. The van der Waals surface area contributed by atoms with Crippen molar-refractivity contribution < 1.29 is 32.2 Å². The summed E-state index contributed by atoms with van der Waals surface area (Å²) in [6.07, 6.45) is -4.53. The zero-order valence-electron chi connectivity index (χ0n) is 10.7. The summed E-state index contributed by atoms with van der Waals surface area (Å²) in [6.45, 7) is -0.341. The summed E-state index contributed by atoms with van der Waals surface area (Å²) in [6, 6.07) is 3.64. The molecule has 1 amide bonds. The van der Waals surface area contributed by atoms with E-state index in [4.69, 9.17) is 0 Å². The molecule has 0 radical (unpaired) electrons. The smallest absolute Gasteiger partial charge is 0.422 e. The van der Waals surface area contributed by atoms with Crippen LogP contribution in [0.15, 0.2) is 18.2 Å². The number of rotatable bonds is 4. The van der Waals surface area contributed by atoms with Crippen LogP contribution in [0.5, 0.6) is 5.75 Å². The molecule has 0 saturated heterocycles. The Morgan fingerprint density at radius 1 is 1.30 bits per heavy atom. The number of methoxy groups -OCH3 is 1. The van der Waals surface area contributed by atoms with Gasteiger partial charge in [0, 0.05) is 6.92 Å². The second-order valence-electron chi connectivity index (χ2n) is 3.79. The Kier molecular flexibility index (Phi) is 4.95. The monoisotopic (exact) mass is 291 g/mol. The van der Waals surface area contributed by atoms with Gasteiger partial charge in [-0.25, -0.2) is 4.79 Å². The van der Waals surface area contributed by atoms with Gasteiger partial charge in [-0.2, -0.15) is 13.2 Å². The number of alkyl halides is 3. The molecule has 1 rings (SSSR count). The van der Waals surface area contributed by atoms with Crippen LogP contribution in [0.2, 0.25) is 0 Å². The average molecular weight is 291 g/mol. The lowest BCUT2D eigenvalue weighted by molar-refractivity contribution is -0.153. The highest BCUT2D eigenvalue weighted by Gasteiger charge is 2.29. The summed E-state index contributed by atoms with van der Waals surface area (Å²) in [5.74, 6) is -1.47. The van der Waals surface area contributed by atoms with Crippen LogP contribution in [0, 0.1) is 0 Å². The van der Waals surface area contributed by atoms with Crippen molar-refractivity contribution in [1.82, 2.24) is 0 Å². The first-order valence-electron chi connectivity index (χ1n) is 5.42. The molecule has 8 heteroatoms. The van der Waals surface area contributed by atoms with E-state index >= 15 is 0 Å². The van der Waals surface area contributed by atoms with Gasteiger partial charge in [0.2, 0.25) is 5.91 Å². The molecule has 0 aliphatic rings. The first-order chi connectivity index (χ1) is 9.23. The van der Waals surface area contributed by atoms with Gasteiger partial charge in [0.05, 0.1) is 18.4 Å². The van der Waals surface area contributed by atoms with E-state index in [1.165, 1.54) is 19.1 Å². The van der Waals surface area contributed by atoms with Gasteiger partial charge in [0.25, 0.3) is 0 Å². The van der Waals surface area contributed by atoms with Crippen LogP contribution >= 0.6 is 0 Å². The third kappa shape index (κ3) is 4.79. The van der Waals surface area contributed by atoms with Crippen molar-refractivity contribution in [3.05, 3.63) is 23.8 Å². The van der Waals surface area contributed by atoms with Crippen LogP contribution < -0.4 is 10.1 Å². The Labute approximate surface area is 112 Å². The number of esters is 1. The molecular formula is C12H12F3NO4. The number of hydrogen-bond donors (Lipinski definition) is 1. The minimum atomic E-state index is -4.53. The predicted octanol–water partition coefficient (Wildman–Crippen LogP) is 2.37. The predicted molar refractivity (Wildman–Crippen MR) is 63.6 cm³/mol. The number of benzene rings is 1. The molecule has 1 N–H and O–H groups in total. The molecule has 0 bridgehead atoms. The molecule has 20 heavy (non-hydrogen) atoms. The summed E-state index contributed by atoms with van der Waals surface area (Å²) in [7, 11) is 1.14. The molecular weight excluding hydrogens is 279 g/mol. The van der Waals surface area contributed by atoms with Crippen molar-refractivity contribution in [2.45, 2.75) is 13.1 Å². The first kappa shape index (κ1) is 15.8. The molecule has 0 aliphatic heterocycles. The van der Waals surface area contributed by atoms with Gasteiger partial charge in [-0.1, -0.05) is 0 Å². The van der Waals surface area contributed by atoms with E-state index in [1.54, 1.807) is 0 Å². The summed E-state index contributed by atoms with van der Waals surface area (Å²) in [5.41, 5.74) is 0.0492. The molecule has 0 fully saturated rings. The van der Waals surface area contributed by atoms with Crippen molar-refractivity contribution >= 4 is 17.6 Å². The van der Waals surface area contributed by atoms with Gasteiger partial charge in [-0.3, -0.25) is 4.79 Å². The lowest BCUT2D eigenvalue weighted by atomic mass is 10.2. The van der Waals surface area contributed by atoms with Crippen molar-refractivity contribution in [3.63, 3.8) is 0 Å². The fourth-order valence-electron chi connectivity index (χ4n) is 1.34. The summed E-state index contributed by atoms with van der Waals surface area (Å²) in [4.78, 5) is 22.3. The Hall–Kier alpha value is -2.25. The number of carbonyl (C=O) groups is 2. The van der Waals surface area contributed by atoms with Crippen LogP contribution in [0.25, 0.3) is 0 Å². The normalized spacial score (nSPS) is 10.8. The zero-order valence-corrected chi connectivity index (χ0v) is 10.7. The molecule has 0 heterocycles. The Morgan fingerprint density at radius 3 is 2.45 bits per heavy atom. The van der Waals surface area contributed by atoms with Crippen LogP contribution in [-0.2, 0) is 9.53 Å². The average Bonchev–Trinajstić information content (AvgIpc) is 2.35. The Morgan fingerprint density at radius 2 is 1.95 bits per heavy atom. The highest BCUT2D eigenvalue weighted by Crippen LogP contribution is 2.28. The molecule has 0 aromatic heterocycles. The van der Waals surface area contributed by atoms with Gasteiger partial charge in [-0.05, 0) is 18.2 Å². The third-order valence-corrected chi connectivity index (χ3v) is 2.10. The summed E-state index contributed by atoms with van der Waals surface area (Å²) >= 11 is 0. The van der Waals surface area contributed by atoms with Gasteiger partial charge < -0.3 is 14.8 Å².